The highest BCUT2D eigenvalue weighted by molar-refractivity contribution is 7.95. The van der Waals surface area contributed by atoms with Crippen LogP contribution in [-0.2, 0) is 9.84 Å². The van der Waals surface area contributed by atoms with Gasteiger partial charge in [0.05, 0.1) is 4.90 Å². The molecular formula is C20H27NO2S. The molecule has 1 aromatic rings. The lowest BCUT2D eigenvalue weighted by Crippen LogP contribution is -2.11. The van der Waals surface area contributed by atoms with Gasteiger partial charge in [0.25, 0.3) is 0 Å². The van der Waals surface area contributed by atoms with Crippen molar-refractivity contribution in [2.24, 2.45) is 5.41 Å². The molecule has 0 heterocycles. The predicted octanol–water partition coefficient (Wildman–Crippen LogP) is 5.34. The molecule has 0 N–H and O–H groups in total. The number of rotatable bonds is 7. The Kier molecular flexibility index (Phi) is 6.98. The van der Waals surface area contributed by atoms with Crippen LogP contribution in [-0.4, -0.2) is 8.42 Å². The first-order valence-corrected chi connectivity index (χ1v) is 9.62. The molecule has 1 aromatic carbocycles. The van der Waals surface area contributed by atoms with Crippen LogP contribution in [0.3, 0.4) is 0 Å². The van der Waals surface area contributed by atoms with Crippen LogP contribution < -0.4 is 0 Å². The highest BCUT2D eigenvalue weighted by Gasteiger charge is 2.22. The highest BCUT2D eigenvalue weighted by Crippen LogP contribution is 2.30. The van der Waals surface area contributed by atoms with Crippen LogP contribution in [0.2, 0.25) is 0 Å². The van der Waals surface area contributed by atoms with Crippen LogP contribution in [0, 0.1) is 23.7 Å². The Labute approximate surface area is 146 Å². The summed E-state index contributed by atoms with van der Waals surface area (Å²) in [6, 6.07) is 8.45. The maximum atomic E-state index is 12.6. The number of hydrogen-bond acceptors (Lipinski definition) is 3. The van der Waals surface area contributed by atoms with Crippen molar-refractivity contribution in [3.63, 3.8) is 0 Å². The first kappa shape index (κ1) is 20.2. The molecule has 0 aliphatic heterocycles. The molecule has 3 nitrogen and oxygen atoms in total. The molecular weight excluding hydrogens is 318 g/mol. The molecule has 0 aliphatic rings. The van der Waals surface area contributed by atoms with Gasteiger partial charge >= 0.3 is 0 Å². The van der Waals surface area contributed by atoms with Crippen LogP contribution in [0.1, 0.15) is 52.5 Å². The van der Waals surface area contributed by atoms with Gasteiger partial charge in [-0.15, -0.1) is 0 Å². The number of allylic oxidation sites excluding steroid dienone is 4. The molecule has 0 aromatic heterocycles. The van der Waals surface area contributed by atoms with Gasteiger partial charge in [-0.1, -0.05) is 49.3 Å². The molecule has 4 heteroatoms. The normalized spacial score (nSPS) is 12.6. The van der Waals surface area contributed by atoms with Crippen molar-refractivity contribution in [3.8, 4) is 6.07 Å². The lowest BCUT2D eigenvalue weighted by atomic mass is 9.84. The molecule has 0 amide bonds. The van der Waals surface area contributed by atoms with Crippen LogP contribution in [0.15, 0.2) is 51.8 Å². The predicted molar refractivity (Wildman–Crippen MR) is 99.1 cm³/mol. The maximum Gasteiger partial charge on any atom is 0.216 e. The van der Waals surface area contributed by atoms with E-state index in [1.54, 1.807) is 30.3 Å². The second kappa shape index (κ2) is 8.30. The zero-order chi connectivity index (χ0) is 18.4. The van der Waals surface area contributed by atoms with E-state index in [2.05, 4.69) is 33.8 Å². The van der Waals surface area contributed by atoms with Crippen LogP contribution >= 0.6 is 0 Å². The summed E-state index contributed by atoms with van der Waals surface area (Å²) in [7, 11) is -3.74. The first-order valence-electron chi connectivity index (χ1n) is 8.14. The standard InChI is InChI=1S/C20H27NO2S/c1-16(2)7-6-13-20(4,5)14-12-19(15-21)24(22,23)18-10-8-17(3)9-11-18/h7-12H,6,13-14H2,1-5H3/b19-12+. The van der Waals surface area contributed by atoms with Crippen LogP contribution in [0.25, 0.3) is 0 Å². The minimum atomic E-state index is -3.74. The van der Waals surface area contributed by atoms with Crippen LogP contribution in [0.4, 0.5) is 0 Å². The number of nitrogens with zero attached hydrogens (tertiary/aromatic N) is 1. The third-order valence-electron chi connectivity index (χ3n) is 3.94. The molecule has 0 radical (unpaired) electrons. The molecule has 0 atom stereocenters. The summed E-state index contributed by atoms with van der Waals surface area (Å²) in [5, 5.41) is 9.32. The number of aryl methyl sites for hydroxylation is 1. The lowest BCUT2D eigenvalue weighted by molar-refractivity contribution is 0.342. The average molecular weight is 346 g/mol. The molecule has 0 unspecified atom stereocenters. The van der Waals surface area contributed by atoms with Gasteiger partial charge in [0, 0.05) is 0 Å². The van der Waals surface area contributed by atoms with E-state index in [4.69, 9.17) is 0 Å². The van der Waals surface area contributed by atoms with Gasteiger partial charge in [0.15, 0.2) is 0 Å². The summed E-state index contributed by atoms with van der Waals surface area (Å²) in [5.74, 6) is 0. The first-order chi connectivity index (χ1) is 11.1. The molecule has 0 aliphatic carbocycles. The van der Waals surface area contributed by atoms with E-state index >= 15 is 0 Å². The zero-order valence-electron chi connectivity index (χ0n) is 15.3. The summed E-state index contributed by atoms with van der Waals surface area (Å²) < 4.78 is 25.2. The topological polar surface area (TPSA) is 57.9 Å². The van der Waals surface area contributed by atoms with Crippen molar-refractivity contribution in [1.82, 2.24) is 0 Å². The summed E-state index contributed by atoms with van der Waals surface area (Å²) in [6.07, 6.45) is 6.20. The minimum Gasteiger partial charge on any atom is -0.218 e. The van der Waals surface area contributed by atoms with Crippen molar-refractivity contribution in [3.05, 3.63) is 52.5 Å². The fourth-order valence-corrected chi connectivity index (χ4v) is 3.45. The third-order valence-corrected chi connectivity index (χ3v) is 5.67. The second-order valence-corrected chi connectivity index (χ2v) is 9.10. The number of nitriles is 1. The van der Waals surface area contributed by atoms with Crippen molar-refractivity contribution >= 4 is 9.84 Å². The Hall–Kier alpha value is -1.86. The fraction of sp³-hybridized carbons (Fsp3) is 0.450. The van der Waals surface area contributed by atoms with Gasteiger partial charge in [-0.3, -0.25) is 0 Å². The van der Waals surface area contributed by atoms with Gasteiger partial charge in [-0.2, -0.15) is 5.26 Å². The molecule has 0 saturated carbocycles. The number of benzene rings is 1. The summed E-state index contributed by atoms with van der Waals surface area (Å²) in [4.78, 5) is 0.00453. The quantitative estimate of drug-likeness (QED) is 0.495. The minimum absolute atomic E-state index is 0.0587. The zero-order valence-corrected chi connectivity index (χ0v) is 16.1. The van der Waals surface area contributed by atoms with Gasteiger partial charge in [-0.25, -0.2) is 8.42 Å². The molecule has 24 heavy (non-hydrogen) atoms. The molecule has 130 valence electrons. The SMILES string of the molecule is CC(C)=CCCC(C)(C)C/C=C(\C#N)S(=O)(=O)c1ccc(C)cc1. The molecule has 0 saturated heterocycles. The van der Waals surface area contributed by atoms with Crippen molar-refractivity contribution < 1.29 is 8.42 Å². The fourth-order valence-electron chi connectivity index (χ4n) is 2.28. The Morgan fingerprint density at radius 2 is 1.75 bits per heavy atom. The Balaban J connectivity index is 2.96. The number of hydrogen-bond donors (Lipinski definition) is 0. The maximum absolute atomic E-state index is 12.6. The molecule has 0 spiro atoms. The second-order valence-electron chi connectivity index (χ2n) is 7.19. The van der Waals surface area contributed by atoms with E-state index in [1.165, 1.54) is 5.57 Å². The molecule has 1 rings (SSSR count). The number of sulfone groups is 1. The van der Waals surface area contributed by atoms with E-state index in [0.717, 1.165) is 18.4 Å². The Bertz CT molecular complexity index is 757. The van der Waals surface area contributed by atoms with E-state index in [-0.39, 0.29) is 15.2 Å². The summed E-state index contributed by atoms with van der Waals surface area (Å²) in [5.41, 5.74) is 2.20. The summed E-state index contributed by atoms with van der Waals surface area (Å²) in [6.45, 7) is 10.2. The molecule has 0 fully saturated rings. The monoisotopic (exact) mass is 345 g/mol. The smallest absolute Gasteiger partial charge is 0.216 e. The average Bonchev–Trinajstić information content (AvgIpc) is 2.47. The summed E-state index contributed by atoms with van der Waals surface area (Å²) >= 11 is 0. The van der Waals surface area contributed by atoms with Crippen molar-refractivity contribution in [2.45, 2.75) is 58.8 Å². The van der Waals surface area contributed by atoms with E-state index < -0.39 is 9.84 Å². The van der Waals surface area contributed by atoms with E-state index in [9.17, 15) is 13.7 Å². The van der Waals surface area contributed by atoms with E-state index in [1.807, 2.05) is 13.0 Å². The third kappa shape index (κ3) is 5.98. The van der Waals surface area contributed by atoms with Gasteiger partial charge in [-0.05, 0) is 57.6 Å². The molecule has 0 bridgehead atoms. The lowest BCUT2D eigenvalue weighted by Gasteiger charge is -2.22. The largest absolute Gasteiger partial charge is 0.218 e. The van der Waals surface area contributed by atoms with Crippen LogP contribution in [0.5, 0.6) is 0 Å². The Morgan fingerprint density at radius 3 is 2.25 bits per heavy atom. The Morgan fingerprint density at radius 1 is 1.17 bits per heavy atom. The van der Waals surface area contributed by atoms with Crippen molar-refractivity contribution in [2.75, 3.05) is 0 Å². The highest BCUT2D eigenvalue weighted by atomic mass is 32.2. The van der Waals surface area contributed by atoms with E-state index in [0.29, 0.717) is 6.42 Å². The van der Waals surface area contributed by atoms with Gasteiger partial charge in [0.2, 0.25) is 9.84 Å². The van der Waals surface area contributed by atoms with Crippen molar-refractivity contribution in [1.29, 1.82) is 5.26 Å². The van der Waals surface area contributed by atoms with Gasteiger partial charge in [0.1, 0.15) is 11.0 Å². The van der Waals surface area contributed by atoms with Gasteiger partial charge < -0.3 is 0 Å².